The van der Waals surface area contributed by atoms with Crippen LogP contribution in [0.5, 0.6) is 0 Å². The van der Waals surface area contributed by atoms with Gasteiger partial charge in [0, 0.05) is 5.69 Å². The molecule has 3 aromatic rings. The maximum absolute atomic E-state index is 13.2. The number of benzene rings is 3. The fourth-order valence-electron chi connectivity index (χ4n) is 4.46. The number of carbonyl (C=O) groups excluding carboxylic acids is 1. The van der Waals surface area contributed by atoms with Crippen LogP contribution in [0, 0.1) is 13.8 Å². The van der Waals surface area contributed by atoms with E-state index < -0.39 is 5.97 Å². The van der Waals surface area contributed by atoms with Crippen LogP contribution in [0.1, 0.15) is 63.1 Å². The SMILES string of the molecule is CCc1c(C(=O)O)cc(Cc2ccccc2)c(CC(=O)Nc2c(C)cccc2C)c1CC. The zero-order valence-electron chi connectivity index (χ0n) is 19.3. The molecule has 2 N–H and O–H groups in total. The highest BCUT2D eigenvalue weighted by Gasteiger charge is 2.22. The summed E-state index contributed by atoms with van der Waals surface area (Å²) < 4.78 is 0. The first-order valence-electron chi connectivity index (χ1n) is 11.1. The Bertz CT molecular complexity index is 1110. The van der Waals surface area contributed by atoms with E-state index >= 15 is 0 Å². The Morgan fingerprint density at radius 2 is 1.47 bits per heavy atom. The Hall–Kier alpha value is -3.40. The molecule has 0 aromatic heterocycles. The Balaban J connectivity index is 2.07. The first kappa shape index (κ1) is 23.3. The highest BCUT2D eigenvalue weighted by atomic mass is 16.4. The number of aromatic carboxylic acids is 1. The molecule has 32 heavy (non-hydrogen) atoms. The van der Waals surface area contributed by atoms with Crippen molar-refractivity contribution in [2.75, 3.05) is 5.32 Å². The average molecular weight is 430 g/mol. The van der Waals surface area contributed by atoms with Crippen LogP contribution >= 0.6 is 0 Å². The van der Waals surface area contributed by atoms with Gasteiger partial charge in [0.2, 0.25) is 5.91 Å². The maximum Gasteiger partial charge on any atom is 0.335 e. The predicted octanol–water partition coefficient (Wildman–Crippen LogP) is 5.90. The van der Waals surface area contributed by atoms with E-state index in [1.807, 2.05) is 76.2 Å². The monoisotopic (exact) mass is 429 g/mol. The van der Waals surface area contributed by atoms with Crippen molar-refractivity contribution in [3.63, 3.8) is 0 Å². The Morgan fingerprint density at radius 3 is 2.03 bits per heavy atom. The summed E-state index contributed by atoms with van der Waals surface area (Å²) in [6, 6.07) is 17.7. The molecule has 0 unspecified atom stereocenters. The summed E-state index contributed by atoms with van der Waals surface area (Å²) >= 11 is 0. The molecular weight excluding hydrogens is 398 g/mol. The summed E-state index contributed by atoms with van der Waals surface area (Å²) in [7, 11) is 0. The number of aryl methyl sites for hydroxylation is 2. The minimum Gasteiger partial charge on any atom is -0.478 e. The second-order valence-corrected chi connectivity index (χ2v) is 8.19. The van der Waals surface area contributed by atoms with E-state index in [9.17, 15) is 14.7 Å². The van der Waals surface area contributed by atoms with Crippen LogP contribution in [0.25, 0.3) is 0 Å². The van der Waals surface area contributed by atoms with E-state index in [1.54, 1.807) is 6.07 Å². The number of rotatable bonds is 8. The van der Waals surface area contributed by atoms with Gasteiger partial charge in [-0.1, -0.05) is 62.4 Å². The van der Waals surface area contributed by atoms with Gasteiger partial charge in [0.1, 0.15) is 0 Å². The van der Waals surface area contributed by atoms with Crippen LogP contribution in [-0.2, 0) is 30.5 Å². The lowest BCUT2D eigenvalue weighted by Gasteiger charge is -2.21. The van der Waals surface area contributed by atoms with Crippen LogP contribution < -0.4 is 5.32 Å². The van der Waals surface area contributed by atoms with Gasteiger partial charge >= 0.3 is 5.97 Å². The van der Waals surface area contributed by atoms with E-state index in [0.717, 1.165) is 44.6 Å². The number of hydrogen-bond acceptors (Lipinski definition) is 2. The van der Waals surface area contributed by atoms with Crippen LogP contribution in [0.4, 0.5) is 5.69 Å². The van der Waals surface area contributed by atoms with Crippen molar-refractivity contribution in [2.45, 2.75) is 53.4 Å². The van der Waals surface area contributed by atoms with Crippen molar-refractivity contribution in [1.82, 2.24) is 0 Å². The van der Waals surface area contributed by atoms with E-state index in [-0.39, 0.29) is 12.3 Å². The summed E-state index contributed by atoms with van der Waals surface area (Å²) in [6.45, 7) is 7.97. The van der Waals surface area contributed by atoms with Gasteiger partial charge in [-0.25, -0.2) is 4.79 Å². The molecule has 0 spiro atoms. The molecule has 0 atom stereocenters. The molecular formula is C28H31NO3. The summed E-state index contributed by atoms with van der Waals surface area (Å²) in [6.07, 6.45) is 2.09. The molecule has 0 saturated carbocycles. The number of amides is 1. The number of anilines is 1. The Morgan fingerprint density at radius 1 is 0.844 bits per heavy atom. The molecule has 4 nitrogen and oxygen atoms in total. The van der Waals surface area contributed by atoms with Crippen LogP contribution in [0.15, 0.2) is 54.6 Å². The highest BCUT2D eigenvalue weighted by Crippen LogP contribution is 2.29. The van der Waals surface area contributed by atoms with Crippen LogP contribution in [-0.4, -0.2) is 17.0 Å². The van der Waals surface area contributed by atoms with Crippen molar-refractivity contribution >= 4 is 17.6 Å². The van der Waals surface area contributed by atoms with E-state index in [1.165, 1.54) is 0 Å². The van der Waals surface area contributed by atoms with E-state index in [2.05, 4.69) is 5.32 Å². The summed E-state index contributed by atoms with van der Waals surface area (Å²) in [5.41, 5.74) is 7.98. The second kappa shape index (κ2) is 10.3. The lowest BCUT2D eigenvalue weighted by Crippen LogP contribution is -2.20. The highest BCUT2D eigenvalue weighted by molar-refractivity contribution is 5.95. The van der Waals surface area contributed by atoms with Crippen molar-refractivity contribution in [3.05, 3.63) is 99.1 Å². The number of para-hydroxylation sites is 1. The molecule has 3 rings (SSSR count). The van der Waals surface area contributed by atoms with Crippen molar-refractivity contribution in [1.29, 1.82) is 0 Å². The van der Waals surface area contributed by atoms with E-state index in [4.69, 9.17) is 0 Å². The van der Waals surface area contributed by atoms with Gasteiger partial charge in [0.15, 0.2) is 0 Å². The predicted molar refractivity (Wildman–Crippen MR) is 130 cm³/mol. The van der Waals surface area contributed by atoms with Crippen molar-refractivity contribution < 1.29 is 14.7 Å². The normalized spacial score (nSPS) is 10.8. The molecule has 0 heterocycles. The maximum atomic E-state index is 13.2. The third-order valence-electron chi connectivity index (χ3n) is 6.02. The molecule has 166 valence electrons. The Labute approximate surface area is 190 Å². The largest absolute Gasteiger partial charge is 0.478 e. The van der Waals surface area contributed by atoms with Gasteiger partial charge in [-0.2, -0.15) is 0 Å². The van der Waals surface area contributed by atoms with Gasteiger partial charge < -0.3 is 10.4 Å². The van der Waals surface area contributed by atoms with Gasteiger partial charge in [-0.05, 0) is 78.1 Å². The first-order valence-corrected chi connectivity index (χ1v) is 11.1. The fourth-order valence-corrected chi connectivity index (χ4v) is 4.46. The molecule has 1 amide bonds. The number of hydrogen-bond donors (Lipinski definition) is 2. The van der Waals surface area contributed by atoms with Crippen molar-refractivity contribution in [2.24, 2.45) is 0 Å². The molecule has 0 fully saturated rings. The standard InChI is InChI=1S/C28H31NO3/c1-5-22-23(6-2)25(28(31)32)16-21(15-20-13-8-7-9-14-20)24(22)17-26(30)29-27-18(3)11-10-12-19(27)4/h7-14,16H,5-6,15,17H2,1-4H3,(H,29,30)(H,31,32). The van der Waals surface area contributed by atoms with E-state index in [0.29, 0.717) is 24.8 Å². The molecule has 0 aliphatic carbocycles. The minimum atomic E-state index is -0.919. The van der Waals surface area contributed by atoms with Gasteiger partial charge in [0.25, 0.3) is 0 Å². The first-order chi connectivity index (χ1) is 15.3. The van der Waals surface area contributed by atoms with Gasteiger partial charge in [0.05, 0.1) is 12.0 Å². The molecule has 0 aliphatic heterocycles. The average Bonchev–Trinajstić information content (AvgIpc) is 2.77. The number of carbonyl (C=O) groups is 2. The number of carboxylic acid groups (broad SMARTS) is 1. The molecule has 3 aromatic carbocycles. The van der Waals surface area contributed by atoms with Gasteiger partial charge in [-0.3, -0.25) is 4.79 Å². The van der Waals surface area contributed by atoms with Crippen LogP contribution in [0.3, 0.4) is 0 Å². The topological polar surface area (TPSA) is 66.4 Å². The minimum absolute atomic E-state index is 0.0865. The lowest BCUT2D eigenvalue weighted by molar-refractivity contribution is -0.115. The quantitative estimate of drug-likeness (QED) is 0.469. The molecule has 4 heteroatoms. The molecule has 0 radical (unpaired) electrons. The lowest BCUT2D eigenvalue weighted by atomic mass is 9.85. The zero-order valence-corrected chi connectivity index (χ0v) is 19.3. The fraction of sp³-hybridized carbons (Fsp3) is 0.286. The molecule has 0 aliphatic rings. The summed E-state index contributed by atoms with van der Waals surface area (Å²) in [4.78, 5) is 25.2. The van der Waals surface area contributed by atoms with Crippen LogP contribution in [0.2, 0.25) is 0 Å². The summed E-state index contributed by atoms with van der Waals surface area (Å²) in [5.74, 6) is -1.01. The second-order valence-electron chi connectivity index (χ2n) is 8.19. The van der Waals surface area contributed by atoms with Gasteiger partial charge in [-0.15, -0.1) is 0 Å². The van der Waals surface area contributed by atoms with Crippen molar-refractivity contribution in [3.8, 4) is 0 Å². The zero-order chi connectivity index (χ0) is 23.3. The Kier molecular flexibility index (Phi) is 7.47. The number of nitrogens with one attached hydrogen (secondary N) is 1. The third kappa shape index (κ3) is 5.08. The third-order valence-corrected chi connectivity index (χ3v) is 6.02. The summed E-state index contributed by atoms with van der Waals surface area (Å²) in [5, 5.41) is 12.9. The molecule has 0 bridgehead atoms. The smallest absolute Gasteiger partial charge is 0.335 e. The number of carboxylic acids is 1. The molecule has 0 saturated heterocycles.